The molecular weight excluding hydrogens is 344 g/mol. The summed E-state index contributed by atoms with van der Waals surface area (Å²) >= 11 is 1.01. The molecule has 10 heteroatoms. The minimum absolute atomic E-state index is 0.172. The second-order valence-electron chi connectivity index (χ2n) is 6.14. The maximum atomic E-state index is 12.3. The molecule has 2 N–H and O–H groups in total. The molecule has 138 valence electrons. The van der Waals surface area contributed by atoms with E-state index in [1.807, 2.05) is 0 Å². The fourth-order valence-corrected chi connectivity index (χ4v) is 3.52. The van der Waals surface area contributed by atoms with Crippen molar-refractivity contribution < 1.29 is 14.3 Å². The van der Waals surface area contributed by atoms with Gasteiger partial charge in [0.2, 0.25) is 0 Å². The Kier molecular flexibility index (Phi) is 6.54. The number of nitrogens with one attached hydrogen (secondary N) is 2. The number of carbonyl (C=O) groups is 2. The third kappa shape index (κ3) is 5.10. The van der Waals surface area contributed by atoms with Crippen LogP contribution in [0.3, 0.4) is 0 Å². The largest absolute Gasteiger partial charge is 0.378 e. The summed E-state index contributed by atoms with van der Waals surface area (Å²) in [5.74, 6) is -0.303. The first-order chi connectivity index (χ1) is 12.2. The molecule has 0 bridgehead atoms. The van der Waals surface area contributed by atoms with Gasteiger partial charge in [0.05, 0.1) is 13.2 Å². The Hall–Kier alpha value is -1.78. The van der Waals surface area contributed by atoms with Gasteiger partial charge in [-0.1, -0.05) is 10.9 Å². The molecule has 2 fully saturated rings. The van der Waals surface area contributed by atoms with Crippen LogP contribution in [0.1, 0.15) is 29.8 Å². The maximum Gasteiger partial charge on any atom is 0.322 e. The number of hydrogen-bond donors (Lipinski definition) is 2. The summed E-state index contributed by atoms with van der Waals surface area (Å²) in [6.45, 7) is 5.71. The van der Waals surface area contributed by atoms with Gasteiger partial charge in [0, 0.05) is 37.7 Å². The number of hydrogen-bond acceptors (Lipinski definition) is 7. The van der Waals surface area contributed by atoms with E-state index in [1.54, 1.807) is 4.90 Å². The number of likely N-dealkylation sites (tertiary alicyclic amines) is 1. The highest BCUT2D eigenvalue weighted by atomic mass is 32.1. The normalized spacial score (nSPS) is 18.8. The van der Waals surface area contributed by atoms with Crippen LogP contribution in [0.4, 0.5) is 9.80 Å². The Labute approximate surface area is 150 Å². The quantitative estimate of drug-likeness (QED) is 0.790. The molecule has 3 heterocycles. The van der Waals surface area contributed by atoms with E-state index in [9.17, 15) is 9.59 Å². The Morgan fingerprint density at radius 2 is 1.88 bits per heavy atom. The van der Waals surface area contributed by atoms with E-state index < -0.39 is 0 Å². The zero-order valence-corrected chi connectivity index (χ0v) is 15.0. The molecule has 1 aromatic rings. The lowest BCUT2D eigenvalue weighted by Crippen LogP contribution is -2.43. The van der Waals surface area contributed by atoms with Gasteiger partial charge in [-0.2, -0.15) is 0 Å². The van der Waals surface area contributed by atoms with Crippen LogP contribution in [-0.2, 0) is 4.74 Å². The number of piperidine rings is 1. The average Bonchev–Trinajstić information content (AvgIpc) is 3.11. The molecular formula is C15H24N6O3S. The molecule has 0 aliphatic carbocycles. The number of nitrogens with zero attached hydrogens (tertiary/aromatic N) is 4. The van der Waals surface area contributed by atoms with Crippen molar-refractivity contribution in [3.05, 3.63) is 5.69 Å². The summed E-state index contributed by atoms with van der Waals surface area (Å²) in [6.07, 6.45) is 3.74. The van der Waals surface area contributed by atoms with Gasteiger partial charge in [-0.05, 0) is 25.9 Å². The maximum absolute atomic E-state index is 12.3. The van der Waals surface area contributed by atoms with Crippen molar-refractivity contribution in [3.63, 3.8) is 0 Å². The predicted molar refractivity (Wildman–Crippen MR) is 93.9 cm³/mol. The molecule has 0 spiro atoms. The average molecular weight is 368 g/mol. The van der Waals surface area contributed by atoms with Crippen LogP contribution in [0.15, 0.2) is 0 Å². The minimum atomic E-state index is -0.303. The van der Waals surface area contributed by atoms with Crippen LogP contribution in [0.2, 0.25) is 0 Å². The predicted octanol–water partition coefficient (Wildman–Crippen LogP) is 0.618. The van der Waals surface area contributed by atoms with Gasteiger partial charge in [-0.15, -0.1) is 5.10 Å². The van der Waals surface area contributed by atoms with Gasteiger partial charge in [0.1, 0.15) is 0 Å². The van der Waals surface area contributed by atoms with Crippen LogP contribution >= 0.6 is 11.5 Å². The van der Waals surface area contributed by atoms with Gasteiger partial charge in [-0.25, -0.2) is 4.79 Å². The smallest absolute Gasteiger partial charge is 0.322 e. The highest BCUT2D eigenvalue weighted by Crippen LogP contribution is 2.18. The van der Waals surface area contributed by atoms with Gasteiger partial charge < -0.3 is 19.9 Å². The number of carbonyl (C=O) groups excluding carboxylic acids is 2. The minimum Gasteiger partial charge on any atom is -0.378 e. The standard InChI is InChI=1S/C15H24N6O3S/c22-13(16-4-7-20-5-2-1-3-6-20)12-14(25-19-18-12)17-15(23)21-8-10-24-11-9-21/h1-11H2,(H,16,22)(H,17,23). The zero-order valence-electron chi connectivity index (χ0n) is 14.2. The van der Waals surface area contributed by atoms with Gasteiger partial charge in [-0.3, -0.25) is 10.1 Å². The lowest BCUT2D eigenvalue weighted by molar-refractivity contribution is 0.0565. The number of urea groups is 1. The van der Waals surface area contributed by atoms with Crippen LogP contribution in [0.5, 0.6) is 0 Å². The molecule has 2 saturated heterocycles. The van der Waals surface area contributed by atoms with Crippen LogP contribution < -0.4 is 10.6 Å². The van der Waals surface area contributed by atoms with Gasteiger partial charge in [0.25, 0.3) is 5.91 Å². The van der Waals surface area contributed by atoms with Crippen molar-refractivity contribution in [1.82, 2.24) is 24.7 Å². The third-order valence-corrected chi connectivity index (χ3v) is 5.03. The van der Waals surface area contributed by atoms with E-state index in [4.69, 9.17) is 4.74 Å². The Morgan fingerprint density at radius 1 is 1.12 bits per heavy atom. The Balaban J connectivity index is 1.48. The molecule has 3 rings (SSSR count). The van der Waals surface area contributed by atoms with Crippen molar-refractivity contribution in [2.75, 3.05) is 57.8 Å². The number of rotatable bonds is 5. The summed E-state index contributed by atoms with van der Waals surface area (Å²) in [4.78, 5) is 28.6. The number of aromatic nitrogens is 2. The van der Waals surface area contributed by atoms with Crippen molar-refractivity contribution >= 4 is 28.5 Å². The second-order valence-corrected chi connectivity index (χ2v) is 6.89. The Morgan fingerprint density at radius 3 is 2.64 bits per heavy atom. The van der Waals surface area contributed by atoms with E-state index in [0.29, 0.717) is 37.8 Å². The SMILES string of the molecule is O=C(NCCN1CCCCC1)c1nnsc1NC(=O)N1CCOCC1. The summed E-state index contributed by atoms with van der Waals surface area (Å²) in [7, 11) is 0. The monoisotopic (exact) mass is 368 g/mol. The molecule has 0 aromatic carbocycles. The molecule has 2 aliphatic heterocycles. The molecule has 0 radical (unpaired) electrons. The fourth-order valence-electron chi connectivity index (χ4n) is 2.96. The summed E-state index contributed by atoms with van der Waals surface area (Å²) in [5, 5.41) is 9.84. The number of morpholine rings is 1. The van der Waals surface area contributed by atoms with E-state index in [-0.39, 0.29) is 17.6 Å². The van der Waals surface area contributed by atoms with Crippen molar-refractivity contribution in [1.29, 1.82) is 0 Å². The van der Waals surface area contributed by atoms with E-state index in [0.717, 1.165) is 31.2 Å². The molecule has 0 unspecified atom stereocenters. The fraction of sp³-hybridized carbons (Fsp3) is 0.733. The van der Waals surface area contributed by atoms with Crippen LogP contribution in [0.25, 0.3) is 0 Å². The first-order valence-electron chi connectivity index (χ1n) is 8.70. The number of anilines is 1. The first-order valence-corrected chi connectivity index (χ1v) is 9.48. The molecule has 2 aliphatic rings. The lowest BCUT2D eigenvalue weighted by Gasteiger charge is -2.26. The van der Waals surface area contributed by atoms with Gasteiger partial charge >= 0.3 is 6.03 Å². The van der Waals surface area contributed by atoms with Crippen molar-refractivity contribution in [2.24, 2.45) is 0 Å². The summed E-state index contributed by atoms with van der Waals surface area (Å²) < 4.78 is 9.03. The number of ether oxygens (including phenoxy) is 1. The molecule has 0 atom stereocenters. The molecule has 0 saturated carbocycles. The van der Waals surface area contributed by atoms with Crippen molar-refractivity contribution in [3.8, 4) is 0 Å². The molecule has 25 heavy (non-hydrogen) atoms. The van der Waals surface area contributed by atoms with E-state index >= 15 is 0 Å². The molecule has 1 aromatic heterocycles. The zero-order chi connectivity index (χ0) is 17.5. The highest BCUT2D eigenvalue weighted by molar-refractivity contribution is 7.10. The lowest BCUT2D eigenvalue weighted by atomic mass is 10.1. The van der Waals surface area contributed by atoms with E-state index in [1.165, 1.54) is 19.3 Å². The van der Waals surface area contributed by atoms with E-state index in [2.05, 4.69) is 25.1 Å². The third-order valence-electron chi connectivity index (χ3n) is 4.38. The highest BCUT2D eigenvalue weighted by Gasteiger charge is 2.22. The van der Waals surface area contributed by atoms with Crippen LogP contribution in [-0.4, -0.2) is 83.8 Å². The van der Waals surface area contributed by atoms with Gasteiger partial charge in [0.15, 0.2) is 10.7 Å². The topological polar surface area (TPSA) is 99.7 Å². The summed E-state index contributed by atoms with van der Waals surface area (Å²) in [6, 6.07) is -0.253. The van der Waals surface area contributed by atoms with Crippen molar-refractivity contribution in [2.45, 2.75) is 19.3 Å². The van der Waals surface area contributed by atoms with Crippen LogP contribution in [0, 0.1) is 0 Å². The first kappa shape index (κ1) is 18.0. The summed E-state index contributed by atoms with van der Waals surface area (Å²) in [5.41, 5.74) is 0.172. The molecule has 9 nitrogen and oxygen atoms in total. The Bertz CT molecular complexity index is 584. The number of amides is 3. The molecule has 3 amide bonds. The second kappa shape index (κ2) is 9.07.